The molecule has 0 saturated carbocycles. The molecule has 0 aliphatic carbocycles. The minimum Gasteiger partial charge on any atom is -0.497 e. The van der Waals surface area contributed by atoms with Crippen LogP contribution in [0.2, 0.25) is 0 Å². The number of ether oxygens (including phenoxy) is 3. The number of para-hydroxylation sites is 3. The van der Waals surface area contributed by atoms with Gasteiger partial charge in [0.15, 0.2) is 0 Å². The van der Waals surface area contributed by atoms with Crippen molar-refractivity contribution in [3.8, 4) is 17.2 Å². The van der Waals surface area contributed by atoms with Crippen molar-refractivity contribution in [1.29, 1.82) is 0 Å². The molecule has 7 nitrogen and oxygen atoms in total. The largest absolute Gasteiger partial charge is 0.497 e. The Morgan fingerprint density at radius 3 is 0.606 bits per heavy atom. The highest BCUT2D eigenvalue weighted by atomic mass is 16.5. The normalized spacial score (nSPS) is 10.5. The lowest BCUT2D eigenvalue weighted by Gasteiger charge is -2.30. The van der Waals surface area contributed by atoms with Crippen molar-refractivity contribution in [2.24, 2.45) is 0 Å². The molecule has 0 N–H and O–H groups in total. The minimum atomic E-state index is 0.794. The highest BCUT2D eigenvalue weighted by Crippen LogP contribution is 2.43. The van der Waals surface area contributed by atoms with E-state index >= 15 is 0 Å². The molecule has 0 fully saturated rings. The second-order valence-corrected chi connectivity index (χ2v) is 15.0. The van der Waals surface area contributed by atoms with Crippen LogP contribution in [-0.2, 0) is 0 Å². The smallest absolute Gasteiger partial charge is 0.120 e. The molecule has 9 aromatic carbocycles. The number of nitrogens with zero attached hydrogens (tertiary/aromatic N) is 4. The van der Waals surface area contributed by atoms with Gasteiger partial charge in [-0.2, -0.15) is 0 Å². The van der Waals surface area contributed by atoms with Gasteiger partial charge < -0.3 is 33.8 Å². The molecular weight excluding hydrogens is 813 g/mol. The average Bonchev–Trinajstić information content (AvgIpc) is 3.40. The van der Waals surface area contributed by atoms with E-state index in [1.807, 2.05) is 68.4 Å². The Morgan fingerprint density at radius 2 is 0.394 bits per heavy atom. The first-order chi connectivity index (χ1) is 32.6. The van der Waals surface area contributed by atoms with E-state index in [4.69, 9.17) is 14.2 Å². The second-order valence-electron chi connectivity index (χ2n) is 15.0. The highest BCUT2D eigenvalue weighted by Gasteiger charge is 2.20. The Balaban J connectivity index is 0.00000292. The van der Waals surface area contributed by atoms with E-state index in [0.29, 0.717) is 0 Å². The molecule has 328 valence electrons. The first kappa shape index (κ1) is 44.2. The maximum atomic E-state index is 5.64. The lowest BCUT2D eigenvalue weighted by Crippen LogP contribution is -2.14. The zero-order chi connectivity index (χ0) is 45.7. The van der Waals surface area contributed by atoms with Crippen LogP contribution in [0.1, 0.15) is 13.8 Å². The van der Waals surface area contributed by atoms with Gasteiger partial charge in [-0.1, -0.05) is 86.6 Å². The SMILES string of the molecule is CC.COc1cccc(N(c2ccccc2)c2ccc(N(c3ccc(N(c4ccccc4)c4cccc(OC)c4)cc3)c3ccc(N(c4ccccc4)c4cccc(OC)c4)cc3)cc2)c1. The Kier molecular flexibility index (Phi) is 14.3. The van der Waals surface area contributed by atoms with Crippen LogP contribution >= 0.6 is 0 Å². The third kappa shape index (κ3) is 9.86. The molecule has 0 radical (unpaired) electrons. The summed E-state index contributed by atoms with van der Waals surface area (Å²) < 4.78 is 16.9. The van der Waals surface area contributed by atoms with Crippen LogP contribution in [-0.4, -0.2) is 21.3 Å². The summed E-state index contributed by atoms with van der Waals surface area (Å²) in [5.74, 6) is 2.38. The fraction of sp³-hybridized carbons (Fsp3) is 0.0847. The van der Waals surface area contributed by atoms with Crippen molar-refractivity contribution in [3.63, 3.8) is 0 Å². The van der Waals surface area contributed by atoms with Gasteiger partial charge in [0.2, 0.25) is 0 Å². The lowest BCUT2D eigenvalue weighted by atomic mass is 10.1. The van der Waals surface area contributed by atoms with Crippen LogP contribution in [0.15, 0.2) is 237 Å². The quantitative estimate of drug-likeness (QED) is 0.102. The monoisotopic (exact) mass is 866 g/mol. The van der Waals surface area contributed by atoms with Crippen molar-refractivity contribution in [2.75, 3.05) is 40.9 Å². The van der Waals surface area contributed by atoms with Crippen LogP contribution < -0.4 is 33.8 Å². The Bertz CT molecular complexity index is 2570. The molecule has 0 spiro atoms. The highest BCUT2D eigenvalue weighted by molar-refractivity contribution is 5.85. The maximum Gasteiger partial charge on any atom is 0.120 e. The molecule has 0 aromatic heterocycles. The van der Waals surface area contributed by atoms with E-state index in [9.17, 15) is 0 Å². The van der Waals surface area contributed by atoms with Gasteiger partial charge >= 0.3 is 0 Å². The van der Waals surface area contributed by atoms with Crippen LogP contribution in [0.4, 0.5) is 68.2 Å². The predicted molar refractivity (Wildman–Crippen MR) is 276 cm³/mol. The van der Waals surface area contributed by atoms with Gasteiger partial charge in [0, 0.05) is 86.4 Å². The number of benzene rings is 9. The maximum absolute atomic E-state index is 5.64. The molecule has 0 bridgehead atoms. The first-order valence-corrected chi connectivity index (χ1v) is 22.2. The van der Waals surface area contributed by atoms with Gasteiger partial charge in [-0.05, 0) is 146 Å². The van der Waals surface area contributed by atoms with Crippen molar-refractivity contribution in [1.82, 2.24) is 0 Å². The van der Waals surface area contributed by atoms with Gasteiger partial charge in [-0.3, -0.25) is 0 Å². The third-order valence-corrected chi connectivity index (χ3v) is 11.1. The molecule has 0 unspecified atom stereocenters. The topological polar surface area (TPSA) is 40.7 Å². The van der Waals surface area contributed by atoms with E-state index in [1.165, 1.54) is 0 Å². The Labute approximate surface area is 389 Å². The molecule has 0 aliphatic heterocycles. The molecule has 0 saturated heterocycles. The average molecular weight is 867 g/mol. The number of rotatable bonds is 15. The van der Waals surface area contributed by atoms with Crippen molar-refractivity contribution in [2.45, 2.75) is 13.8 Å². The Hall–Kier alpha value is -8.42. The van der Waals surface area contributed by atoms with Crippen LogP contribution in [0.5, 0.6) is 17.2 Å². The second kappa shape index (κ2) is 21.3. The van der Waals surface area contributed by atoms with E-state index in [0.717, 1.165) is 85.5 Å². The van der Waals surface area contributed by atoms with Crippen LogP contribution in [0.3, 0.4) is 0 Å². The third-order valence-electron chi connectivity index (χ3n) is 11.1. The predicted octanol–water partition coefficient (Wildman–Crippen LogP) is 16.6. The summed E-state index contributed by atoms with van der Waals surface area (Å²) in [5.41, 5.74) is 12.2. The molecule has 7 heteroatoms. The van der Waals surface area contributed by atoms with E-state index < -0.39 is 0 Å². The van der Waals surface area contributed by atoms with Gasteiger partial charge in [0.1, 0.15) is 17.2 Å². The van der Waals surface area contributed by atoms with E-state index in [2.05, 4.69) is 202 Å². The number of methoxy groups -OCH3 is 3. The summed E-state index contributed by atoms with van der Waals surface area (Å²) in [6, 6.07) is 81.9. The fourth-order valence-electron chi connectivity index (χ4n) is 8.02. The molecule has 0 aliphatic rings. The van der Waals surface area contributed by atoms with Crippen LogP contribution in [0, 0.1) is 0 Å². The summed E-state index contributed by atoms with van der Waals surface area (Å²) in [4.78, 5) is 9.03. The summed E-state index contributed by atoms with van der Waals surface area (Å²) >= 11 is 0. The van der Waals surface area contributed by atoms with E-state index in [-0.39, 0.29) is 0 Å². The van der Waals surface area contributed by atoms with Gasteiger partial charge in [0.05, 0.1) is 21.3 Å². The van der Waals surface area contributed by atoms with E-state index in [1.54, 1.807) is 21.3 Å². The van der Waals surface area contributed by atoms with Crippen LogP contribution in [0.25, 0.3) is 0 Å². The van der Waals surface area contributed by atoms with Gasteiger partial charge in [-0.15, -0.1) is 0 Å². The zero-order valence-corrected chi connectivity index (χ0v) is 38.0. The number of hydrogen-bond donors (Lipinski definition) is 0. The Morgan fingerprint density at radius 1 is 0.212 bits per heavy atom. The van der Waals surface area contributed by atoms with Crippen molar-refractivity contribution >= 4 is 68.2 Å². The fourth-order valence-corrected chi connectivity index (χ4v) is 8.02. The van der Waals surface area contributed by atoms with Crippen molar-refractivity contribution < 1.29 is 14.2 Å². The minimum absolute atomic E-state index is 0.794. The number of hydrogen-bond acceptors (Lipinski definition) is 7. The zero-order valence-electron chi connectivity index (χ0n) is 38.0. The molecule has 0 amide bonds. The lowest BCUT2D eigenvalue weighted by molar-refractivity contribution is 0.415. The molecule has 66 heavy (non-hydrogen) atoms. The first-order valence-electron chi connectivity index (χ1n) is 22.2. The molecule has 0 heterocycles. The van der Waals surface area contributed by atoms with Crippen molar-refractivity contribution in [3.05, 3.63) is 237 Å². The summed E-state index contributed by atoms with van der Waals surface area (Å²) in [6.07, 6.45) is 0. The number of anilines is 12. The summed E-state index contributed by atoms with van der Waals surface area (Å²) in [6.45, 7) is 4.00. The standard InChI is InChI=1S/C57H48N4O3.C2H6/c1-62-55-25-13-22-52(40-55)59(43-16-7-4-8-17-43)49-34-28-46(29-35-49)58(47-30-36-50(37-31-47)60(44-18-9-5-10-19-44)53-23-14-26-56(41-53)63-2)48-32-38-51(39-33-48)61(45-20-11-6-12-21-45)54-24-15-27-57(42-54)64-3;1-2/h4-42H,1-3H3;1-2H3. The molecule has 0 atom stereocenters. The van der Waals surface area contributed by atoms with Gasteiger partial charge in [-0.25, -0.2) is 0 Å². The van der Waals surface area contributed by atoms with Gasteiger partial charge in [0.25, 0.3) is 0 Å². The summed E-state index contributed by atoms with van der Waals surface area (Å²) in [5, 5.41) is 0. The molecule has 9 rings (SSSR count). The molecular formula is C59H54N4O3. The summed E-state index contributed by atoms with van der Waals surface area (Å²) in [7, 11) is 5.10. The molecule has 9 aromatic rings.